The molecule has 0 bridgehead atoms. The Morgan fingerprint density at radius 3 is 2.67 bits per heavy atom. The van der Waals surface area contributed by atoms with Gasteiger partial charge in [-0.25, -0.2) is 4.39 Å². The van der Waals surface area contributed by atoms with E-state index in [-0.39, 0.29) is 23.9 Å². The number of rotatable bonds is 4. The lowest BCUT2D eigenvalue weighted by Gasteiger charge is -2.37. The quantitative estimate of drug-likeness (QED) is 0.920. The summed E-state index contributed by atoms with van der Waals surface area (Å²) in [6, 6.07) is 6.38. The molecule has 24 heavy (non-hydrogen) atoms. The minimum atomic E-state index is -0.252. The van der Waals surface area contributed by atoms with Crippen LogP contribution in [0.4, 0.5) is 4.39 Å². The van der Waals surface area contributed by atoms with Gasteiger partial charge in [0.2, 0.25) is 5.91 Å². The van der Waals surface area contributed by atoms with Gasteiger partial charge in [0.05, 0.1) is 12.6 Å². The molecule has 0 aromatic heterocycles. The molecular formula is C19H27FN2O2. The van der Waals surface area contributed by atoms with Gasteiger partial charge in [0, 0.05) is 13.0 Å². The van der Waals surface area contributed by atoms with Crippen LogP contribution in [0.1, 0.15) is 44.3 Å². The van der Waals surface area contributed by atoms with Gasteiger partial charge in [-0.3, -0.25) is 4.79 Å². The van der Waals surface area contributed by atoms with Crippen LogP contribution in [-0.2, 0) is 9.53 Å². The Morgan fingerprint density at radius 2 is 1.96 bits per heavy atom. The zero-order chi connectivity index (χ0) is 16.9. The van der Waals surface area contributed by atoms with Crippen LogP contribution in [-0.4, -0.2) is 43.1 Å². The maximum Gasteiger partial charge on any atom is 0.222 e. The van der Waals surface area contributed by atoms with Gasteiger partial charge in [0.15, 0.2) is 0 Å². The predicted octanol–water partition coefficient (Wildman–Crippen LogP) is 2.89. The molecule has 2 unspecified atom stereocenters. The van der Waals surface area contributed by atoms with Crippen LogP contribution >= 0.6 is 0 Å². The second-order valence-electron chi connectivity index (χ2n) is 7.02. The first-order chi connectivity index (χ1) is 11.6. The van der Waals surface area contributed by atoms with Crippen LogP contribution in [0.15, 0.2) is 24.3 Å². The summed E-state index contributed by atoms with van der Waals surface area (Å²) in [4.78, 5) is 14.5. The molecule has 1 N–H and O–H groups in total. The van der Waals surface area contributed by atoms with Gasteiger partial charge in [-0.2, -0.15) is 0 Å². The Hall–Kier alpha value is -1.46. The molecule has 2 aliphatic rings. The zero-order valence-corrected chi connectivity index (χ0v) is 14.3. The fraction of sp³-hybridized carbons (Fsp3) is 0.632. The smallest absolute Gasteiger partial charge is 0.222 e. The number of ether oxygens (including phenoxy) is 1. The molecule has 0 radical (unpaired) electrons. The van der Waals surface area contributed by atoms with Crippen molar-refractivity contribution in [3.63, 3.8) is 0 Å². The number of piperidine rings is 1. The van der Waals surface area contributed by atoms with Gasteiger partial charge in [-0.15, -0.1) is 0 Å². The molecule has 1 amide bonds. The maximum absolute atomic E-state index is 13.1. The number of amides is 1. The summed E-state index contributed by atoms with van der Waals surface area (Å²) in [5, 5.41) is 3.36. The standard InChI is InChI=1S/C19H27FN2O2/c1-14-12-22(19(23)7-2-15-8-10-21-11-9-15)13-18(24-14)16-3-5-17(20)6-4-16/h3-6,14-15,18,21H,2,7-13H2,1H3. The lowest BCUT2D eigenvalue weighted by atomic mass is 9.93. The zero-order valence-electron chi connectivity index (χ0n) is 14.3. The SMILES string of the molecule is CC1CN(C(=O)CCC2CCNCC2)CC(c2ccc(F)cc2)O1. The minimum Gasteiger partial charge on any atom is -0.367 e. The van der Waals surface area contributed by atoms with Crippen LogP contribution in [0.5, 0.6) is 0 Å². The van der Waals surface area contributed by atoms with E-state index in [1.54, 1.807) is 12.1 Å². The minimum absolute atomic E-state index is 0.00312. The summed E-state index contributed by atoms with van der Waals surface area (Å²) in [6.45, 7) is 5.33. The van der Waals surface area contributed by atoms with Crippen LogP contribution in [0.25, 0.3) is 0 Å². The summed E-state index contributed by atoms with van der Waals surface area (Å²) in [5.74, 6) is 0.634. The highest BCUT2D eigenvalue weighted by Crippen LogP contribution is 2.26. The highest BCUT2D eigenvalue weighted by Gasteiger charge is 2.29. The van der Waals surface area contributed by atoms with Crippen molar-refractivity contribution < 1.29 is 13.9 Å². The third-order valence-electron chi connectivity index (χ3n) is 5.08. The van der Waals surface area contributed by atoms with Crippen molar-refractivity contribution in [1.29, 1.82) is 0 Å². The lowest BCUT2D eigenvalue weighted by molar-refractivity contribution is -0.145. The van der Waals surface area contributed by atoms with Gasteiger partial charge < -0.3 is 15.0 Å². The monoisotopic (exact) mass is 334 g/mol. The van der Waals surface area contributed by atoms with E-state index in [0.29, 0.717) is 25.4 Å². The Kier molecular flexibility index (Phi) is 5.85. The number of hydrogen-bond acceptors (Lipinski definition) is 3. The van der Waals surface area contributed by atoms with Gasteiger partial charge in [0.1, 0.15) is 11.9 Å². The van der Waals surface area contributed by atoms with Crippen molar-refractivity contribution in [3.05, 3.63) is 35.6 Å². The highest BCUT2D eigenvalue weighted by molar-refractivity contribution is 5.76. The summed E-state index contributed by atoms with van der Waals surface area (Å²) in [7, 11) is 0. The molecule has 2 atom stereocenters. The van der Waals surface area contributed by atoms with E-state index in [4.69, 9.17) is 4.74 Å². The molecule has 1 aromatic carbocycles. The van der Waals surface area contributed by atoms with E-state index in [9.17, 15) is 9.18 Å². The molecular weight excluding hydrogens is 307 g/mol. The molecule has 2 saturated heterocycles. The Labute approximate surface area is 143 Å². The molecule has 1 aromatic rings. The second-order valence-corrected chi connectivity index (χ2v) is 7.02. The average Bonchev–Trinajstić information content (AvgIpc) is 2.60. The number of hydrogen-bond donors (Lipinski definition) is 1. The summed E-state index contributed by atoms with van der Waals surface area (Å²) >= 11 is 0. The molecule has 0 aliphatic carbocycles. The number of nitrogens with one attached hydrogen (secondary N) is 1. The third kappa shape index (κ3) is 4.54. The van der Waals surface area contributed by atoms with Gasteiger partial charge in [-0.1, -0.05) is 12.1 Å². The van der Waals surface area contributed by atoms with E-state index in [1.807, 2.05) is 11.8 Å². The number of carbonyl (C=O) groups excluding carboxylic acids is 1. The van der Waals surface area contributed by atoms with Crippen molar-refractivity contribution in [3.8, 4) is 0 Å². The van der Waals surface area contributed by atoms with E-state index in [2.05, 4.69) is 5.32 Å². The fourth-order valence-electron chi connectivity index (χ4n) is 3.67. The number of morpholine rings is 1. The van der Waals surface area contributed by atoms with Crippen molar-refractivity contribution in [2.75, 3.05) is 26.2 Å². The van der Waals surface area contributed by atoms with E-state index >= 15 is 0 Å². The van der Waals surface area contributed by atoms with E-state index < -0.39 is 0 Å². The summed E-state index contributed by atoms with van der Waals surface area (Å²) < 4.78 is 19.1. The second kappa shape index (κ2) is 8.08. The number of halogens is 1. The van der Waals surface area contributed by atoms with Crippen molar-refractivity contribution in [1.82, 2.24) is 10.2 Å². The molecule has 2 fully saturated rings. The average molecular weight is 334 g/mol. The van der Waals surface area contributed by atoms with Gasteiger partial charge >= 0.3 is 0 Å². The molecule has 5 heteroatoms. The Balaban J connectivity index is 1.56. The molecule has 4 nitrogen and oxygen atoms in total. The first-order valence-electron chi connectivity index (χ1n) is 9.01. The van der Waals surface area contributed by atoms with Gasteiger partial charge in [0.25, 0.3) is 0 Å². The first-order valence-corrected chi connectivity index (χ1v) is 9.01. The Bertz CT molecular complexity index is 543. The predicted molar refractivity (Wildman–Crippen MR) is 91.1 cm³/mol. The molecule has 132 valence electrons. The molecule has 0 spiro atoms. The van der Waals surface area contributed by atoms with Crippen LogP contribution in [0, 0.1) is 11.7 Å². The van der Waals surface area contributed by atoms with Crippen LogP contribution in [0.2, 0.25) is 0 Å². The number of nitrogens with zero attached hydrogens (tertiary/aromatic N) is 1. The third-order valence-corrected chi connectivity index (χ3v) is 5.08. The van der Waals surface area contributed by atoms with E-state index in [0.717, 1.165) is 25.1 Å². The summed E-state index contributed by atoms with van der Waals surface area (Å²) in [6.07, 6.45) is 3.77. The normalized spacial score (nSPS) is 25.7. The van der Waals surface area contributed by atoms with Crippen LogP contribution in [0.3, 0.4) is 0 Å². The largest absolute Gasteiger partial charge is 0.367 e. The lowest BCUT2D eigenvalue weighted by Crippen LogP contribution is -2.46. The molecule has 3 rings (SSSR count). The summed E-state index contributed by atoms with van der Waals surface area (Å²) in [5.41, 5.74) is 0.930. The van der Waals surface area contributed by atoms with E-state index in [1.165, 1.54) is 25.0 Å². The maximum atomic E-state index is 13.1. The van der Waals surface area contributed by atoms with Crippen LogP contribution < -0.4 is 5.32 Å². The highest BCUT2D eigenvalue weighted by atomic mass is 19.1. The molecule has 2 heterocycles. The fourth-order valence-corrected chi connectivity index (χ4v) is 3.67. The molecule has 2 aliphatic heterocycles. The topological polar surface area (TPSA) is 41.6 Å². The first kappa shape index (κ1) is 17.4. The van der Waals surface area contributed by atoms with Gasteiger partial charge in [-0.05, 0) is 62.9 Å². The van der Waals surface area contributed by atoms with Crippen molar-refractivity contribution in [2.24, 2.45) is 5.92 Å². The Morgan fingerprint density at radius 1 is 1.25 bits per heavy atom. The number of benzene rings is 1. The number of carbonyl (C=O) groups is 1. The molecule has 0 saturated carbocycles. The van der Waals surface area contributed by atoms with Crippen molar-refractivity contribution >= 4 is 5.91 Å². The van der Waals surface area contributed by atoms with Crippen molar-refractivity contribution in [2.45, 2.75) is 44.8 Å².